The van der Waals surface area contributed by atoms with Gasteiger partial charge in [-0.3, -0.25) is 9.59 Å². The van der Waals surface area contributed by atoms with Crippen molar-refractivity contribution in [2.24, 2.45) is 0 Å². The maximum atomic E-state index is 12.9. The minimum atomic E-state index is -1.20. The van der Waals surface area contributed by atoms with Crippen LogP contribution in [0.15, 0.2) is 65.1 Å². The van der Waals surface area contributed by atoms with E-state index >= 15 is 0 Å². The Balaban J connectivity index is 1.54. The standard InChI is InChI=1S/C23H12N2O7/c26-20-15-6-4-12(22(28)29)9-16(15)21(27)25(20)14-3-1-2-11(8-14)19-24-17-7-5-13(23(30)31)10-18(17)32-19/h1-10H,(H,28,29)(H,30,31). The number of amides is 2. The molecule has 4 aromatic rings. The zero-order chi connectivity index (χ0) is 22.6. The molecule has 1 aliphatic rings. The van der Waals surface area contributed by atoms with Crippen LogP contribution in [0.1, 0.15) is 41.4 Å². The van der Waals surface area contributed by atoms with Crippen molar-refractivity contribution in [1.29, 1.82) is 0 Å². The molecule has 0 atom stereocenters. The first kappa shape index (κ1) is 19.2. The van der Waals surface area contributed by atoms with Gasteiger partial charge in [0.1, 0.15) is 5.52 Å². The predicted molar refractivity (Wildman–Crippen MR) is 111 cm³/mol. The number of aromatic carboxylic acids is 2. The van der Waals surface area contributed by atoms with Gasteiger partial charge in [-0.25, -0.2) is 19.5 Å². The van der Waals surface area contributed by atoms with E-state index in [1.807, 2.05) is 0 Å². The average Bonchev–Trinajstić information content (AvgIpc) is 3.32. The lowest BCUT2D eigenvalue weighted by Gasteiger charge is -2.14. The number of rotatable bonds is 4. The molecule has 0 unspecified atom stereocenters. The predicted octanol–water partition coefficient (Wildman–Crippen LogP) is 3.69. The molecule has 2 heterocycles. The summed E-state index contributed by atoms with van der Waals surface area (Å²) in [5, 5.41) is 18.3. The molecule has 9 nitrogen and oxygen atoms in total. The second kappa shape index (κ2) is 6.88. The Morgan fingerprint density at radius 3 is 2.25 bits per heavy atom. The lowest BCUT2D eigenvalue weighted by Crippen LogP contribution is -2.29. The molecule has 1 aliphatic heterocycles. The molecule has 0 saturated carbocycles. The summed E-state index contributed by atoms with van der Waals surface area (Å²) in [6.45, 7) is 0. The van der Waals surface area contributed by atoms with Crippen molar-refractivity contribution in [3.05, 3.63) is 82.9 Å². The maximum absolute atomic E-state index is 12.9. The van der Waals surface area contributed by atoms with E-state index in [4.69, 9.17) is 14.6 Å². The third-order valence-corrected chi connectivity index (χ3v) is 5.12. The Kier molecular flexibility index (Phi) is 4.13. The molecule has 32 heavy (non-hydrogen) atoms. The highest BCUT2D eigenvalue weighted by Crippen LogP contribution is 2.32. The molecule has 2 N–H and O–H groups in total. The first-order valence-electron chi connectivity index (χ1n) is 9.34. The third-order valence-electron chi connectivity index (χ3n) is 5.12. The molecule has 2 amide bonds. The van der Waals surface area contributed by atoms with Crippen LogP contribution >= 0.6 is 0 Å². The van der Waals surface area contributed by atoms with E-state index in [0.717, 1.165) is 4.90 Å². The van der Waals surface area contributed by atoms with Gasteiger partial charge in [0.05, 0.1) is 27.9 Å². The Hall–Kier alpha value is -4.79. The SMILES string of the molecule is O=C(O)c1ccc2c(c1)C(=O)N(c1cccc(-c3nc4ccc(C(=O)O)cc4o3)c1)C2=O. The molecule has 0 spiro atoms. The van der Waals surface area contributed by atoms with Gasteiger partial charge < -0.3 is 14.6 Å². The fourth-order valence-electron chi connectivity index (χ4n) is 3.57. The molecule has 0 radical (unpaired) electrons. The molecule has 156 valence electrons. The molecular weight excluding hydrogens is 416 g/mol. The lowest BCUT2D eigenvalue weighted by molar-refractivity contribution is 0.0686. The Morgan fingerprint density at radius 2 is 1.50 bits per heavy atom. The van der Waals surface area contributed by atoms with Crippen LogP contribution < -0.4 is 4.90 Å². The van der Waals surface area contributed by atoms with Gasteiger partial charge in [-0.2, -0.15) is 0 Å². The molecule has 0 saturated heterocycles. The van der Waals surface area contributed by atoms with E-state index in [1.54, 1.807) is 24.3 Å². The van der Waals surface area contributed by atoms with Crippen LogP contribution in [0, 0.1) is 0 Å². The lowest BCUT2D eigenvalue weighted by atomic mass is 10.1. The van der Waals surface area contributed by atoms with Crippen molar-refractivity contribution in [2.45, 2.75) is 0 Å². The smallest absolute Gasteiger partial charge is 0.335 e. The first-order chi connectivity index (χ1) is 15.3. The van der Waals surface area contributed by atoms with Crippen molar-refractivity contribution in [2.75, 3.05) is 4.90 Å². The van der Waals surface area contributed by atoms with Crippen molar-refractivity contribution in [1.82, 2.24) is 4.98 Å². The average molecular weight is 428 g/mol. The van der Waals surface area contributed by atoms with Crippen LogP contribution in [-0.2, 0) is 0 Å². The zero-order valence-corrected chi connectivity index (χ0v) is 16.1. The van der Waals surface area contributed by atoms with Gasteiger partial charge in [-0.15, -0.1) is 0 Å². The summed E-state index contributed by atoms with van der Waals surface area (Å²) in [7, 11) is 0. The van der Waals surface area contributed by atoms with E-state index < -0.39 is 23.8 Å². The van der Waals surface area contributed by atoms with Gasteiger partial charge in [0.2, 0.25) is 5.89 Å². The Morgan fingerprint density at radius 1 is 0.812 bits per heavy atom. The van der Waals surface area contributed by atoms with E-state index in [9.17, 15) is 19.2 Å². The largest absolute Gasteiger partial charge is 0.478 e. The number of aromatic nitrogens is 1. The Bertz CT molecular complexity index is 1480. The summed E-state index contributed by atoms with van der Waals surface area (Å²) in [5.74, 6) is -3.30. The summed E-state index contributed by atoms with van der Waals surface area (Å²) in [5.41, 5.74) is 1.58. The molecule has 0 fully saturated rings. The Labute approximate surface area is 179 Å². The van der Waals surface area contributed by atoms with Gasteiger partial charge in [0, 0.05) is 5.56 Å². The van der Waals surface area contributed by atoms with E-state index in [0.29, 0.717) is 11.1 Å². The number of oxazole rings is 1. The summed E-state index contributed by atoms with van der Waals surface area (Å²) in [6, 6.07) is 14.5. The summed E-state index contributed by atoms with van der Waals surface area (Å²) in [4.78, 5) is 53.4. The van der Waals surface area contributed by atoms with Crippen molar-refractivity contribution in [3.63, 3.8) is 0 Å². The van der Waals surface area contributed by atoms with E-state index in [2.05, 4.69) is 4.98 Å². The molecule has 0 aliphatic carbocycles. The molecule has 5 rings (SSSR count). The highest BCUT2D eigenvalue weighted by molar-refractivity contribution is 6.34. The number of fused-ring (bicyclic) bond motifs is 2. The van der Waals surface area contributed by atoms with E-state index in [1.165, 1.54) is 36.4 Å². The first-order valence-corrected chi connectivity index (χ1v) is 9.34. The number of hydrogen-bond donors (Lipinski definition) is 2. The number of imide groups is 1. The van der Waals surface area contributed by atoms with Gasteiger partial charge in [0.25, 0.3) is 11.8 Å². The number of carbonyl (C=O) groups is 4. The van der Waals surface area contributed by atoms with Crippen LogP contribution in [0.4, 0.5) is 5.69 Å². The molecular formula is C23H12N2O7. The van der Waals surface area contributed by atoms with Crippen molar-refractivity contribution < 1.29 is 33.8 Å². The van der Waals surface area contributed by atoms with Crippen LogP contribution in [0.2, 0.25) is 0 Å². The number of anilines is 1. The van der Waals surface area contributed by atoms with Gasteiger partial charge in [0.15, 0.2) is 5.58 Å². The summed E-state index contributed by atoms with van der Waals surface area (Å²) < 4.78 is 5.69. The molecule has 1 aromatic heterocycles. The normalized spacial score (nSPS) is 12.9. The number of nitrogens with zero attached hydrogens (tertiary/aromatic N) is 2. The second-order valence-corrected chi connectivity index (χ2v) is 7.07. The summed E-state index contributed by atoms with van der Waals surface area (Å²) >= 11 is 0. The number of carbonyl (C=O) groups excluding carboxylic acids is 2. The quantitative estimate of drug-likeness (QED) is 0.469. The number of carboxylic acid groups (broad SMARTS) is 2. The van der Waals surface area contributed by atoms with Gasteiger partial charge >= 0.3 is 11.9 Å². The van der Waals surface area contributed by atoms with Crippen LogP contribution in [0.3, 0.4) is 0 Å². The number of carboxylic acids is 2. The number of benzene rings is 3. The zero-order valence-electron chi connectivity index (χ0n) is 16.1. The maximum Gasteiger partial charge on any atom is 0.335 e. The fourth-order valence-corrected chi connectivity index (χ4v) is 3.57. The van der Waals surface area contributed by atoms with Gasteiger partial charge in [-0.1, -0.05) is 6.07 Å². The minimum Gasteiger partial charge on any atom is -0.478 e. The highest BCUT2D eigenvalue weighted by atomic mass is 16.4. The topological polar surface area (TPSA) is 138 Å². The summed E-state index contributed by atoms with van der Waals surface area (Å²) in [6.07, 6.45) is 0. The highest BCUT2D eigenvalue weighted by Gasteiger charge is 2.37. The molecule has 9 heteroatoms. The van der Waals surface area contributed by atoms with E-state index in [-0.39, 0.29) is 39.4 Å². The molecule has 0 bridgehead atoms. The van der Waals surface area contributed by atoms with Crippen molar-refractivity contribution >= 4 is 40.5 Å². The van der Waals surface area contributed by atoms with Crippen LogP contribution in [0.5, 0.6) is 0 Å². The van der Waals surface area contributed by atoms with Crippen LogP contribution in [0.25, 0.3) is 22.6 Å². The minimum absolute atomic E-state index is 0.0170. The third kappa shape index (κ3) is 2.91. The second-order valence-electron chi connectivity index (χ2n) is 7.07. The van der Waals surface area contributed by atoms with Crippen LogP contribution in [-0.4, -0.2) is 39.0 Å². The van der Waals surface area contributed by atoms with Gasteiger partial charge in [-0.05, 0) is 54.6 Å². The number of hydrogen-bond acceptors (Lipinski definition) is 6. The monoisotopic (exact) mass is 428 g/mol. The van der Waals surface area contributed by atoms with Crippen molar-refractivity contribution in [3.8, 4) is 11.5 Å². The fraction of sp³-hybridized carbons (Fsp3) is 0. The molecule has 3 aromatic carbocycles.